The number of ether oxygens (including phenoxy) is 1. The molecule has 0 unspecified atom stereocenters. The lowest BCUT2D eigenvalue weighted by Gasteiger charge is -2.32. The van der Waals surface area contributed by atoms with Crippen LogP contribution in [0.2, 0.25) is 0 Å². The molecule has 0 bridgehead atoms. The molecule has 1 saturated heterocycles. The summed E-state index contributed by atoms with van der Waals surface area (Å²) in [5.74, 6) is 0.802. The van der Waals surface area contributed by atoms with E-state index < -0.39 is 0 Å². The van der Waals surface area contributed by atoms with Gasteiger partial charge in [0.15, 0.2) is 0 Å². The van der Waals surface area contributed by atoms with Crippen molar-refractivity contribution >= 4 is 11.6 Å². The lowest BCUT2D eigenvalue weighted by atomic mass is 10.0. The first-order valence-corrected chi connectivity index (χ1v) is 6.75. The summed E-state index contributed by atoms with van der Waals surface area (Å²) in [4.78, 5) is 13.2. The Morgan fingerprint density at radius 3 is 2.70 bits per heavy atom. The first-order valence-electron chi connectivity index (χ1n) is 6.75. The van der Waals surface area contributed by atoms with E-state index in [2.05, 4.69) is 11.4 Å². The normalized spacial score (nSPS) is 15.6. The van der Waals surface area contributed by atoms with Crippen LogP contribution < -0.4 is 10.1 Å². The predicted octanol–water partition coefficient (Wildman–Crippen LogP) is 1.99. The number of benzene rings is 1. The van der Waals surface area contributed by atoms with Crippen molar-refractivity contribution in [1.82, 2.24) is 4.90 Å². The molecule has 1 N–H and O–H groups in total. The van der Waals surface area contributed by atoms with Crippen LogP contribution in [0.3, 0.4) is 0 Å². The number of nitrogens with zero attached hydrogens (tertiary/aromatic N) is 2. The third-order valence-corrected chi connectivity index (χ3v) is 3.66. The van der Waals surface area contributed by atoms with Crippen LogP contribution in [0, 0.1) is 11.3 Å². The summed E-state index contributed by atoms with van der Waals surface area (Å²) in [5, 5.41) is 12.6. The van der Waals surface area contributed by atoms with Crippen LogP contribution in [-0.2, 0) is 4.79 Å². The Morgan fingerprint density at radius 1 is 1.45 bits per heavy atom. The van der Waals surface area contributed by atoms with E-state index in [-0.39, 0.29) is 11.9 Å². The third-order valence-electron chi connectivity index (χ3n) is 3.66. The molecule has 5 heteroatoms. The minimum Gasteiger partial charge on any atom is -0.495 e. The van der Waals surface area contributed by atoms with E-state index in [9.17, 15) is 10.1 Å². The number of carbonyl (C=O) groups is 1. The summed E-state index contributed by atoms with van der Waals surface area (Å²) in [6.07, 6.45) is 1.75. The predicted molar refractivity (Wildman–Crippen MR) is 76.6 cm³/mol. The molecule has 1 heterocycles. The van der Waals surface area contributed by atoms with Gasteiger partial charge in [-0.25, -0.2) is 0 Å². The number of methoxy groups -OCH3 is 1. The van der Waals surface area contributed by atoms with Gasteiger partial charge >= 0.3 is 0 Å². The standard InChI is InChI=1S/C15H19N3O2/c1-11(19)18-8-6-13(7-9-18)17-15-12(10-16)4-3-5-14(15)20-2/h3-5,13,17H,6-9H2,1-2H3. The molecule has 0 saturated carbocycles. The van der Waals surface area contributed by atoms with Crippen LogP contribution in [0.5, 0.6) is 5.75 Å². The highest BCUT2D eigenvalue weighted by atomic mass is 16.5. The zero-order valence-corrected chi connectivity index (χ0v) is 11.8. The fraction of sp³-hybridized carbons (Fsp3) is 0.467. The average molecular weight is 273 g/mol. The summed E-state index contributed by atoms with van der Waals surface area (Å²) < 4.78 is 5.31. The Balaban J connectivity index is 2.08. The van der Waals surface area contributed by atoms with Gasteiger partial charge in [0, 0.05) is 26.1 Å². The van der Waals surface area contributed by atoms with Gasteiger partial charge in [0.2, 0.25) is 5.91 Å². The molecule has 0 radical (unpaired) electrons. The van der Waals surface area contributed by atoms with Gasteiger partial charge in [-0.2, -0.15) is 5.26 Å². The molecule has 106 valence electrons. The monoisotopic (exact) mass is 273 g/mol. The number of likely N-dealkylation sites (tertiary alicyclic amines) is 1. The maximum atomic E-state index is 11.3. The van der Waals surface area contributed by atoms with Crippen molar-refractivity contribution in [3.8, 4) is 11.8 Å². The van der Waals surface area contributed by atoms with Crippen molar-refractivity contribution in [2.75, 3.05) is 25.5 Å². The van der Waals surface area contributed by atoms with Crippen LogP contribution in [0.4, 0.5) is 5.69 Å². The minimum absolute atomic E-state index is 0.124. The van der Waals surface area contributed by atoms with Gasteiger partial charge in [-0.1, -0.05) is 6.07 Å². The maximum Gasteiger partial charge on any atom is 0.219 e. The molecule has 0 atom stereocenters. The van der Waals surface area contributed by atoms with Gasteiger partial charge < -0.3 is 15.0 Å². The molecule has 20 heavy (non-hydrogen) atoms. The number of hydrogen-bond donors (Lipinski definition) is 1. The van der Waals surface area contributed by atoms with Gasteiger partial charge in [-0.05, 0) is 25.0 Å². The molecule has 0 aliphatic carbocycles. The highest BCUT2D eigenvalue weighted by Crippen LogP contribution is 2.30. The van der Waals surface area contributed by atoms with E-state index in [4.69, 9.17) is 4.74 Å². The average Bonchev–Trinajstić information content (AvgIpc) is 2.48. The topological polar surface area (TPSA) is 65.4 Å². The van der Waals surface area contributed by atoms with Gasteiger partial charge in [0.05, 0.1) is 18.4 Å². The zero-order chi connectivity index (χ0) is 14.5. The van der Waals surface area contributed by atoms with Gasteiger partial charge in [0.25, 0.3) is 0 Å². The fourth-order valence-electron chi connectivity index (χ4n) is 2.49. The van der Waals surface area contributed by atoms with E-state index in [1.807, 2.05) is 11.0 Å². The van der Waals surface area contributed by atoms with Crippen LogP contribution in [0.15, 0.2) is 18.2 Å². The highest BCUT2D eigenvalue weighted by Gasteiger charge is 2.22. The van der Waals surface area contributed by atoms with E-state index in [1.54, 1.807) is 26.2 Å². The number of rotatable bonds is 3. The molecule has 2 rings (SSSR count). The number of nitriles is 1. The second kappa shape index (κ2) is 6.29. The molecule has 1 fully saturated rings. The Labute approximate surface area is 119 Å². The SMILES string of the molecule is COc1cccc(C#N)c1NC1CCN(C(C)=O)CC1. The Hall–Kier alpha value is -2.22. The number of para-hydroxylation sites is 1. The molecule has 0 aromatic heterocycles. The lowest BCUT2D eigenvalue weighted by Crippen LogP contribution is -2.41. The number of anilines is 1. The molecule has 1 aliphatic heterocycles. The summed E-state index contributed by atoms with van der Waals surface area (Å²) in [7, 11) is 1.60. The van der Waals surface area contributed by atoms with Crippen LogP contribution >= 0.6 is 0 Å². The van der Waals surface area contributed by atoms with E-state index in [0.29, 0.717) is 11.3 Å². The smallest absolute Gasteiger partial charge is 0.219 e. The second-order valence-corrected chi connectivity index (χ2v) is 4.92. The summed E-state index contributed by atoms with van der Waals surface area (Å²) in [6.45, 7) is 3.11. The molecular weight excluding hydrogens is 254 g/mol. The zero-order valence-electron chi connectivity index (χ0n) is 11.8. The maximum absolute atomic E-state index is 11.3. The molecule has 1 aromatic rings. The Bertz CT molecular complexity index is 528. The van der Waals surface area contributed by atoms with Crippen molar-refractivity contribution in [2.24, 2.45) is 0 Å². The molecule has 1 aromatic carbocycles. The van der Waals surface area contributed by atoms with Gasteiger partial charge in [-0.15, -0.1) is 0 Å². The summed E-state index contributed by atoms with van der Waals surface area (Å²) in [5.41, 5.74) is 1.33. The van der Waals surface area contributed by atoms with Gasteiger partial charge in [-0.3, -0.25) is 4.79 Å². The Morgan fingerprint density at radius 2 is 2.15 bits per heavy atom. The number of nitrogens with one attached hydrogen (secondary N) is 1. The van der Waals surface area contributed by atoms with E-state index >= 15 is 0 Å². The van der Waals surface area contributed by atoms with Crippen molar-refractivity contribution in [3.05, 3.63) is 23.8 Å². The summed E-state index contributed by atoms with van der Waals surface area (Å²) >= 11 is 0. The lowest BCUT2D eigenvalue weighted by molar-refractivity contribution is -0.129. The van der Waals surface area contributed by atoms with Crippen LogP contribution in [-0.4, -0.2) is 37.0 Å². The van der Waals surface area contributed by atoms with Crippen LogP contribution in [0.25, 0.3) is 0 Å². The van der Waals surface area contributed by atoms with Gasteiger partial charge in [0.1, 0.15) is 11.8 Å². The first-order chi connectivity index (χ1) is 9.65. The fourth-order valence-corrected chi connectivity index (χ4v) is 2.49. The number of carbonyl (C=O) groups excluding carboxylic acids is 1. The molecule has 5 nitrogen and oxygen atoms in total. The number of hydrogen-bond acceptors (Lipinski definition) is 4. The minimum atomic E-state index is 0.124. The van der Waals surface area contributed by atoms with Crippen molar-refractivity contribution in [1.29, 1.82) is 5.26 Å². The second-order valence-electron chi connectivity index (χ2n) is 4.92. The third kappa shape index (κ3) is 3.02. The molecule has 1 amide bonds. The quantitative estimate of drug-likeness (QED) is 0.914. The number of amides is 1. The molecule has 1 aliphatic rings. The van der Waals surface area contributed by atoms with Crippen molar-refractivity contribution < 1.29 is 9.53 Å². The van der Waals surface area contributed by atoms with E-state index in [1.165, 1.54) is 0 Å². The first kappa shape index (κ1) is 14.2. The molecular formula is C15H19N3O2. The highest BCUT2D eigenvalue weighted by molar-refractivity contribution is 5.73. The van der Waals surface area contributed by atoms with E-state index in [0.717, 1.165) is 31.6 Å². The van der Waals surface area contributed by atoms with Crippen molar-refractivity contribution in [3.63, 3.8) is 0 Å². The molecule has 0 spiro atoms. The van der Waals surface area contributed by atoms with Crippen LogP contribution in [0.1, 0.15) is 25.3 Å². The largest absolute Gasteiger partial charge is 0.495 e. The summed E-state index contributed by atoms with van der Waals surface area (Å²) in [6, 6.07) is 7.86. The van der Waals surface area contributed by atoms with Crippen molar-refractivity contribution in [2.45, 2.75) is 25.8 Å². The number of piperidine rings is 1. The Kier molecular flexibility index (Phi) is 4.46.